The fourth-order valence-corrected chi connectivity index (χ4v) is 6.10. The monoisotopic (exact) mass is 497 g/mol. The Balaban J connectivity index is 1.58. The smallest absolute Gasteiger partial charge is 0.418 e. The van der Waals surface area contributed by atoms with Crippen LogP contribution in [0.15, 0.2) is 30.2 Å². The third-order valence-electron chi connectivity index (χ3n) is 7.31. The Morgan fingerprint density at radius 3 is 2.17 bits per heavy atom. The van der Waals surface area contributed by atoms with Crippen LogP contribution >= 0.6 is 0 Å². The summed E-state index contributed by atoms with van der Waals surface area (Å²) in [6, 6.07) is 3.81. The van der Waals surface area contributed by atoms with Gasteiger partial charge >= 0.3 is 12.4 Å². The fourth-order valence-electron chi connectivity index (χ4n) is 6.10. The van der Waals surface area contributed by atoms with Crippen molar-refractivity contribution < 1.29 is 41.0 Å². The predicted molar refractivity (Wildman–Crippen MR) is 112 cm³/mol. The second-order valence-electron chi connectivity index (χ2n) is 9.58. The van der Waals surface area contributed by atoms with E-state index < -0.39 is 59.1 Å². The summed E-state index contributed by atoms with van der Waals surface area (Å²) >= 11 is 0. The normalized spacial score (nSPS) is 28.3. The number of fused-ring (bicyclic) bond motifs is 5. The Bertz CT molecular complexity index is 1260. The quantitative estimate of drug-likeness (QED) is 0.511. The highest BCUT2D eigenvalue weighted by molar-refractivity contribution is 6.26. The number of alkyl halides is 6. The molecule has 2 bridgehead atoms. The highest BCUT2D eigenvalue weighted by atomic mass is 19.4. The van der Waals surface area contributed by atoms with E-state index in [0.29, 0.717) is 11.8 Å². The van der Waals surface area contributed by atoms with Gasteiger partial charge in [0.25, 0.3) is 0 Å². The second kappa shape index (κ2) is 7.56. The molecular weight excluding hydrogens is 476 g/mol. The molecule has 1 aromatic carbocycles. The maximum atomic E-state index is 13.8. The number of nitrogens with zero attached hydrogens (tertiary/aromatic N) is 1. The van der Waals surface area contributed by atoms with Crippen LogP contribution in [0, 0.1) is 32.6 Å². The molecule has 1 N–H and O–H groups in total. The molecule has 0 spiro atoms. The summed E-state index contributed by atoms with van der Waals surface area (Å²) in [4.78, 5) is 17.0. The molecule has 2 saturated heterocycles. The van der Waals surface area contributed by atoms with E-state index in [-0.39, 0.29) is 29.6 Å². The number of aliphatic hydroxyl groups is 1. The topological polar surface area (TPSA) is 59.4 Å². The van der Waals surface area contributed by atoms with Gasteiger partial charge < -0.3 is 9.84 Å². The van der Waals surface area contributed by atoms with Crippen molar-refractivity contribution in [3.8, 4) is 0 Å². The molecule has 10 heteroatoms. The highest BCUT2D eigenvalue weighted by Crippen LogP contribution is 2.59. The minimum absolute atomic E-state index is 0.00849. The summed E-state index contributed by atoms with van der Waals surface area (Å²) in [7, 11) is 0. The van der Waals surface area contributed by atoms with E-state index in [1.807, 2.05) is 32.9 Å². The first kappa shape index (κ1) is 23.8. The van der Waals surface area contributed by atoms with Gasteiger partial charge in [0.05, 0.1) is 46.4 Å². The third kappa shape index (κ3) is 3.56. The van der Waals surface area contributed by atoms with Gasteiger partial charge in [-0.1, -0.05) is 17.7 Å². The SMILES string of the molecule is Cc1cc(C)c(C2=C(O)[C@@H]3C4OC(CC4c4ncc(C(F)(F)F)cc4C(F)(F)F)[C@@H]3C2=O)c(C)c1. The minimum atomic E-state index is -5.07. The number of ketones is 1. The summed E-state index contributed by atoms with van der Waals surface area (Å²) < 4.78 is 86.3. The molecule has 0 amide bonds. The van der Waals surface area contributed by atoms with Crippen LogP contribution in [-0.2, 0) is 21.9 Å². The Morgan fingerprint density at radius 1 is 0.971 bits per heavy atom. The largest absolute Gasteiger partial charge is 0.511 e. The maximum Gasteiger partial charge on any atom is 0.418 e. The van der Waals surface area contributed by atoms with Crippen LogP contribution in [0.25, 0.3) is 5.57 Å². The van der Waals surface area contributed by atoms with Gasteiger partial charge in [-0.25, -0.2) is 0 Å². The van der Waals surface area contributed by atoms with Crippen molar-refractivity contribution in [1.82, 2.24) is 4.98 Å². The van der Waals surface area contributed by atoms with Gasteiger partial charge in [-0.3, -0.25) is 9.78 Å². The molecule has 2 aliphatic heterocycles. The lowest BCUT2D eigenvalue weighted by Gasteiger charge is -2.29. The molecule has 1 aliphatic carbocycles. The number of hydrogen-bond donors (Lipinski definition) is 1. The third-order valence-corrected chi connectivity index (χ3v) is 7.31. The van der Waals surface area contributed by atoms with Gasteiger partial charge in [0.1, 0.15) is 5.76 Å². The van der Waals surface area contributed by atoms with Gasteiger partial charge in [-0.05, 0) is 49.9 Å². The van der Waals surface area contributed by atoms with Crippen LogP contribution in [0.4, 0.5) is 26.3 Å². The number of rotatable bonds is 2. The van der Waals surface area contributed by atoms with E-state index in [0.717, 1.165) is 16.7 Å². The van der Waals surface area contributed by atoms with Gasteiger partial charge in [0.2, 0.25) is 0 Å². The van der Waals surface area contributed by atoms with Crippen molar-refractivity contribution in [3.63, 3.8) is 0 Å². The van der Waals surface area contributed by atoms with E-state index in [1.54, 1.807) is 0 Å². The van der Waals surface area contributed by atoms with Gasteiger partial charge in [0, 0.05) is 12.1 Å². The first-order chi connectivity index (χ1) is 16.2. The van der Waals surface area contributed by atoms with E-state index in [9.17, 15) is 36.2 Å². The first-order valence-corrected chi connectivity index (χ1v) is 11.1. The molecule has 2 fully saturated rings. The summed E-state index contributed by atoms with van der Waals surface area (Å²) in [5, 5.41) is 11.2. The summed E-state index contributed by atoms with van der Waals surface area (Å²) in [5.74, 6) is -3.23. The number of hydrogen-bond acceptors (Lipinski definition) is 4. The van der Waals surface area contributed by atoms with Crippen LogP contribution in [0.2, 0.25) is 0 Å². The standard InChI is InChI=1S/C25H21F6NO3/c1-9-4-10(2)16(11(3)5-9)18-21(33)17-15-7-13(23(35-15)19(17)22(18)34)20-14(25(29,30)31)6-12(8-32-20)24(26,27)28/h4-6,8,13,15,17,19,23,34H,7H2,1-3H3/t13?,15?,17-,19+,23?/m0/s1. The zero-order valence-electron chi connectivity index (χ0n) is 18.9. The van der Waals surface area contributed by atoms with Crippen LogP contribution in [0.1, 0.15) is 51.4 Å². The van der Waals surface area contributed by atoms with E-state index >= 15 is 0 Å². The Hall–Kier alpha value is -2.88. The molecule has 3 aliphatic rings. The molecule has 5 atom stereocenters. The minimum Gasteiger partial charge on any atom is -0.511 e. The molecule has 3 heterocycles. The predicted octanol–water partition coefficient (Wildman–Crippen LogP) is 6.08. The molecule has 0 saturated carbocycles. The van der Waals surface area contributed by atoms with Crippen molar-refractivity contribution in [2.24, 2.45) is 11.8 Å². The van der Waals surface area contributed by atoms with Gasteiger partial charge in [0.15, 0.2) is 5.78 Å². The molecular formula is C25H21F6NO3. The van der Waals surface area contributed by atoms with Crippen LogP contribution in [-0.4, -0.2) is 28.1 Å². The van der Waals surface area contributed by atoms with Crippen molar-refractivity contribution in [2.45, 2.75) is 57.7 Å². The number of allylic oxidation sites excluding steroid dienone is 1. The second-order valence-corrected chi connectivity index (χ2v) is 9.58. The van der Waals surface area contributed by atoms with Crippen LogP contribution < -0.4 is 0 Å². The molecule has 3 unspecified atom stereocenters. The van der Waals surface area contributed by atoms with Crippen molar-refractivity contribution in [1.29, 1.82) is 0 Å². The molecule has 0 radical (unpaired) electrons. The first-order valence-electron chi connectivity index (χ1n) is 11.1. The molecule has 186 valence electrons. The zero-order chi connectivity index (χ0) is 25.6. The fraction of sp³-hybridized carbons (Fsp3) is 0.440. The van der Waals surface area contributed by atoms with E-state index in [1.165, 1.54) is 0 Å². The number of carbonyl (C=O) groups is 1. The highest BCUT2D eigenvalue weighted by Gasteiger charge is 2.63. The number of pyridine rings is 1. The molecule has 5 rings (SSSR count). The molecule has 4 nitrogen and oxygen atoms in total. The molecule has 1 aromatic heterocycles. The zero-order valence-corrected chi connectivity index (χ0v) is 18.9. The number of halogens is 6. The Labute approximate surface area is 196 Å². The van der Waals surface area contributed by atoms with Crippen molar-refractivity contribution in [2.75, 3.05) is 0 Å². The van der Waals surface area contributed by atoms with Crippen molar-refractivity contribution in [3.05, 3.63) is 69.2 Å². The van der Waals surface area contributed by atoms with Gasteiger partial charge in [-0.15, -0.1) is 0 Å². The molecule has 35 heavy (non-hydrogen) atoms. The average Bonchev–Trinajstić information content (AvgIpc) is 3.39. The molecule has 2 aromatic rings. The lowest BCUT2D eigenvalue weighted by atomic mass is 9.73. The van der Waals surface area contributed by atoms with Crippen LogP contribution in [0.5, 0.6) is 0 Å². The van der Waals surface area contributed by atoms with Crippen LogP contribution in [0.3, 0.4) is 0 Å². The number of aryl methyl sites for hydroxylation is 3. The lowest BCUT2D eigenvalue weighted by Crippen LogP contribution is -2.34. The summed E-state index contributed by atoms with van der Waals surface area (Å²) in [5.41, 5.74) is -0.265. The van der Waals surface area contributed by atoms with E-state index in [2.05, 4.69) is 4.98 Å². The number of Topliss-reactive ketones (excluding diaryl/α,β-unsaturated/α-hetero) is 1. The number of aromatic nitrogens is 1. The lowest BCUT2D eigenvalue weighted by molar-refractivity contribution is -0.144. The Morgan fingerprint density at radius 2 is 1.60 bits per heavy atom. The number of benzene rings is 1. The number of ether oxygens (including phenoxy) is 1. The van der Waals surface area contributed by atoms with Gasteiger partial charge in [-0.2, -0.15) is 26.3 Å². The average molecular weight is 497 g/mol. The van der Waals surface area contributed by atoms with Crippen molar-refractivity contribution >= 4 is 11.4 Å². The maximum absolute atomic E-state index is 13.8. The summed E-state index contributed by atoms with van der Waals surface area (Å²) in [6.45, 7) is 5.52. The summed E-state index contributed by atoms with van der Waals surface area (Å²) in [6.07, 6.45) is -11.5. The Kier molecular flexibility index (Phi) is 5.15. The number of aliphatic hydroxyl groups excluding tert-OH is 1. The van der Waals surface area contributed by atoms with E-state index in [4.69, 9.17) is 4.74 Å². The number of carbonyl (C=O) groups excluding carboxylic acids is 1.